The normalized spacial score (nSPS) is 11.3. The number of aromatic amines is 1. The van der Waals surface area contributed by atoms with Crippen molar-refractivity contribution < 1.29 is 5.11 Å². The molecule has 0 atom stereocenters. The van der Waals surface area contributed by atoms with Crippen molar-refractivity contribution in [3.63, 3.8) is 0 Å². The maximum atomic E-state index is 12.0. The molecule has 4 heteroatoms. The Labute approximate surface area is 95.0 Å². The third-order valence-corrected chi connectivity index (χ3v) is 3.82. The lowest BCUT2D eigenvalue weighted by atomic mass is 10.2. The summed E-state index contributed by atoms with van der Waals surface area (Å²) in [5.74, 6) is 0. The fourth-order valence-electron chi connectivity index (χ4n) is 1.84. The summed E-state index contributed by atoms with van der Waals surface area (Å²) in [6.45, 7) is -0.223. The van der Waals surface area contributed by atoms with E-state index in [1.54, 1.807) is 6.20 Å². The number of thiophene rings is 1. The van der Waals surface area contributed by atoms with E-state index in [9.17, 15) is 4.79 Å². The number of aromatic nitrogens is 1. The van der Waals surface area contributed by atoms with Gasteiger partial charge in [0.1, 0.15) is 0 Å². The lowest BCUT2D eigenvalue weighted by Crippen LogP contribution is -2.07. The van der Waals surface area contributed by atoms with E-state index in [1.807, 2.05) is 24.3 Å². The zero-order valence-electron chi connectivity index (χ0n) is 8.36. The highest BCUT2D eigenvalue weighted by Gasteiger charge is 2.09. The molecule has 2 heterocycles. The highest BCUT2D eigenvalue weighted by atomic mass is 32.1. The smallest absolute Gasteiger partial charge is 0.204 e. The van der Waals surface area contributed by atoms with Crippen LogP contribution in [0.15, 0.2) is 35.3 Å². The molecule has 0 saturated heterocycles. The van der Waals surface area contributed by atoms with Gasteiger partial charge in [-0.25, -0.2) is 0 Å². The van der Waals surface area contributed by atoms with E-state index in [4.69, 9.17) is 5.11 Å². The quantitative estimate of drug-likeness (QED) is 0.674. The highest BCUT2D eigenvalue weighted by Crippen LogP contribution is 2.30. The van der Waals surface area contributed by atoms with Gasteiger partial charge < -0.3 is 10.1 Å². The van der Waals surface area contributed by atoms with E-state index in [2.05, 4.69) is 4.98 Å². The fourth-order valence-corrected chi connectivity index (χ4v) is 2.98. The largest absolute Gasteiger partial charge is 0.391 e. The molecule has 80 valence electrons. The molecule has 0 aliphatic heterocycles. The van der Waals surface area contributed by atoms with Crippen molar-refractivity contribution >= 4 is 31.6 Å². The first-order chi connectivity index (χ1) is 7.81. The van der Waals surface area contributed by atoms with Gasteiger partial charge in [0.25, 0.3) is 0 Å². The van der Waals surface area contributed by atoms with Crippen molar-refractivity contribution in [3.05, 3.63) is 46.2 Å². The lowest BCUT2D eigenvalue weighted by Gasteiger charge is -1.95. The van der Waals surface area contributed by atoms with Crippen LogP contribution in [0.4, 0.5) is 0 Å². The molecule has 0 radical (unpaired) electrons. The summed E-state index contributed by atoms with van der Waals surface area (Å²) in [5.41, 5.74) is 1.21. The monoisotopic (exact) mass is 231 g/mol. The fraction of sp³-hybridized carbons (Fsp3) is 0.0833. The second-order valence-electron chi connectivity index (χ2n) is 3.60. The summed E-state index contributed by atoms with van der Waals surface area (Å²) in [6.07, 6.45) is 1.59. The average Bonchev–Trinajstić information content (AvgIpc) is 2.69. The minimum atomic E-state index is -0.223. The first kappa shape index (κ1) is 9.57. The lowest BCUT2D eigenvalue weighted by molar-refractivity contribution is 0.280. The van der Waals surface area contributed by atoms with Crippen LogP contribution in [0.1, 0.15) is 5.56 Å². The van der Waals surface area contributed by atoms with E-state index in [0.717, 1.165) is 15.6 Å². The van der Waals surface area contributed by atoms with Crippen LogP contribution in [-0.2, 0) is 6.61 Å². The molecule has 2 aromatic heterocycles. The van der Waals surface area contributed by atoms with Gasteiger partial charge in [-0.15, -0.1) is 11.3 Å². The molecule has 0 amide bonds. The number of pyridine rings is 1. The summed E-state index contributed by atoms with van der Waals surface area (Å²) < 4.78 is 1.77. The number of hydrogen-bond acceptors (Lipinski definition) is 3. The van der Waals surface area contributed by atoms with Crippen LogP contribution in [0.2, 0.25) is 0 Å². The summed E-state index contributed by atoms with van der Waals surface area (Å²) in [4.78, 5) is 15.0. The molecule has 0 unspecified atom stereocenters. The average molecular weight is 231 g/mol. The third-order valence-electron chi connectivity index (χ3n) is 2.65. The highest BCUT2D eigenvalue weighted by molar-refractivity contribution is 7.25. The summed E-state index contributed by atoms with van der Waals surface area (Å²) >= 11 is 1.46. The first-order valence-electron chi connectivity index (χ1n) is 4.94. The molecule has 3 aromatic rings. The van der Waals surface area contributed by atoms with Gasteiger partial charge in [-0.1, -0.05) is 18.2 Å². The van der Waals surface area contributed by atoms with Gasteiger partial charge in [-0.2, -0.15) is 0 Å². The Balaban J connectivity index is 2.55. The van der Waals surface area contributed by atoms with E-state index in [-0.39, 0.29) is 12.0 Å². The van der Waals surface area contributed by atoms with Crippen molar-refractivity contribution in [1.82, 2.24) is 4.98 Å². The van der Waals surface area contributed by atoms with E-state index in [1.165, 1.54) is 11.3 Å². The predicted molar refractivity (Wildman–Crippen MR) is 65.9 cm³/mol. The third kappa shape index (κ3) is 1.20. The van der Waals surface area contributed by atoms with Gasteiger partial charge >= 0.3 is 0 Å². The van der Waals surface area contributed by atoms with Crippen LogP contribution in [0.5, 0.6) is 0 Å². The Kier molecular flexibility index (Phi) is 2.05. The van der Waals surface area contributed by atoms with Crippen molar-refractivity contribution in [3.8, 4) is 0 Å². The predicted octanol–water partition coefficient (Wildman–Crippen LogP) is 2.24. The van der Waals surface area contributed by atoms with E-state index < -0.39 is 0 Å². The van der Waals surface area contributed by atoms with Crippen molar-refractivity contribution in [1.29, 1.82) is 0 Å². The molecular formula is C12H9NO2S. The van der Waals surface area contributed by atoms with Crippen molar-refractivity contribution in [2.24, 2.45) is 0 Å². The second kappa shape index (κ2) is 3.43. The minimum absolute atomic E-state index is 0.0718. The Morgan fingerprint density at radius 1 is 1.31 bits per heavy atom. The standard InChI is InChI=1S/C12H9NO2S/c14-6-7-5-13-10-8-3-1-2-4-9(8)16-12(10)11(7)15/h1-5,14H,6H2,(H,13,15). The number of nitrogens with one attached hydrogen (secondary N) is 1. The molecule has 3 rings (SSSR count). The number of benzene rings is 1. The molecule has 0 saturated carbocycles. The Morgan fingerprint density at radius 3 is 2.94 bits per heavy atom. The number of fused-ring (bicyclic) bond motifs is 3. The number of rotatable bonds is 1. The molecule has 0 spiro atoms. The molecule has 1 aromatic carbocycles. The maximum absolute atomic E-state index is 12.0. The number of H-pyrrole nitrogens is 1. The molecule has 0 bridgehead atoms. The van der Waals surface area contributed by atoms with E-state index >= 15 is 0 Å². The topological polar surface area (TPSA) is 53.1 Å². The number of aliphatic hydroxyl groups excluding tert-OH is 1. The molecule has 0 aliphatic rings. The molecule has 16 heavy (non-hydrogen) atoms. The van der Waals surface area contributed by atoms with Crippen LogP contribution >= 0.6 is 11.3 Å². The van der Waals surface area contributed by atoms with Crippen LogP contribution in [0.25, 0.3) is 20.3 Å². The van der Waals surface area contributed by atoms with Gasteiger partial charge in [0.2, 0.25) is 5.43 Å². The van der Waals surface area contributed by atoms with Crippen LogP contribution in [0.3, 0.4) is 0 Å². The van der Waals surface area contributed by atoms with E-state index in [0.29, 0.717) is 10.3 Å². The SMILES string of the molecule is O=c1c(CO)c[nH]c2c1sc1ccccc12. The summed E-state index contributed by atoms with van der Waals surface area (Å²) in [7, 11) is 0. The Morgan fingerprint density at radius 2 is 2.12 bits per heavy atom. The Hall–Kier alpha value is -1.65. The molecular weight excluding hydrogens is 222 g/mol. The van der Waals surface area contributed by atoms with Crippen molar-refractivity contribution in [2.45, 2.75) is 6.61 Å². The van der Waals surface area contributed by atoms with Gasteiger partial charge in [0.05, 0.1) is 16.8 Å². The van der Waals surface area contributed by atoms with Gasteiger partial charge in [-0.3, -0.25) is 4.79 Å². The molecule has 0 aliphatic carbocycles. The second-order valence-corrected chi connectivity index (χ2v) is 4.66. The maximum Gasteiger partial charge on any atom is 0.204 e. The molecule has 3 nitrogen and oxygen atoms in total. The van der Waals surface area contributed by atoms with Gasteiger partial charge in [0.15, 0.2) is 0 Å². The summed E-state index contributed by atoms with van der Waals surface area (Å²) in [6, 6.07) is 7.89. The first-order valence-corrected chi connectivity index (χ1v) is 5.75. The zero-order valence-corrected chi connectivity index (χ0v) is 9.17. The van der Waals surface area contributed by atoms with Crippen LogP contribution in [0, 0.1) is 0 Å². The van der Waals surface area contributed by atoms with Crippen LogP contribution in [-0.4, -0.2) is 10.1 Å². The van der Waals surface area contributed by atoms with Crippen LogP contribution < -0.4 is 5.43 Å². The zero-order chi connectivity index (χ0) is 11.1. The van der Waals surface area contributed by atoms with Gasteiger partial charge in [-0.05, 0) is 6.07 Å². The number of aliphatic hydroxyl groups is 1. The Bertz CT molecular complexity index is 727. The summed E-state index contributed by atoms with van der Waals surface area (Å²) in [5, 5.41) is 10.1. The minimum Gasteiger partial charge on any atom is -0.391 e. The molecule has 0 fully saturated rings. The van der Waals surface area contributed by atoms with Gasteiger partial charge in [0, 0.05) is 21.8 Å². The van der Waals surface area contributed by atoms with Crippen molar-refractivity contribution in [2.75, 3.05) is 0 Å². The molecule has 2 N–H and O–H groups in total. The number of hydrogen-bond donors (Lipinski definition) is 2.